The minimum atomic E-state index is -0.0423. The van der Waals surface area contributed by atoms with Gasteiger partial charge in [0.15, 0.2) is 5.69 Å². The molecule has 1 amide bonds. The molecule has 0 fully saturated rings. The van der Waals surface area contributed by atoms with Crippen molar-refractivity contribution in [3.05, 3.63) is 34.7 Å². The van der Waals surface area contributed by atoms with Crippen LogP contribution in [0.25, 0.3) is 4.85 Å². The van der Waals surface area contributed by atoms with E-state index >= 15 is 0 Å². The van der Waals surface area contributed by atoms with E-state index in [-0.39, 0.29) is 11.8 Å². The van der Waals surface area contributed by atoms with Gasteiger partial charge in [-0.05, 0) is 25.0 Å². The molecule has 0 aliphatic heterocycles. The van der Waals surface area contributed by atoms with Gasteiger partial charge >= 0.3 is 0 Å². The maximum Gasteiger partial charge on any atom is 0.226 e. The van der Waals surface area contributed by atoms with Crippen LogP contribution in [-0.4, -0.2) is 5.91 Å². The van der Waals surface area contributed by atoms with Crippen LogP contribution in [0.3, 0.4) is 0 Å². The maximum atomic E-state index is 11.6. The summed E-state index contributed by atoms with van der Waals surface area (Å²) in [6.07, 6.45) is 0. The van der Waals surface area contributed by atoms with Crippen molar-refractivity contribution in [3.8, 4) is 0 Å². The highest BCUT2D eigenvalue weighted by molar-refractivity contribution is 5.93. The number of hydrogen-bond donors (Lipinski definition) is 1. The number of benzene rings is 1. The topological polar surface area (TPSA) is 33.5 Å². The molecule has 0 heterocycles. The van der Waals surface area contributed by atoms with Gasteiger partial charge in [0, 0.05) is 11.6 Å². The fourth-order valence-corrected chi connectivity index (χ4v) is 1.47. The Hall–Kier alpha value is -1.82. The van der Waals surface area contributed by atoms with Gasteiger partial charge in [-0.15, -0.1) is 0 Å². The van der Waals surface area contributed by atoms with Crippen LogP contribution in [0.2, 0.25) is 0 Å². The number of anilines is 1. The molecule has 0 unspecified atom stereocenters. The first kappa shape index (κ1) is 12.3. The van der Waals surface area contributed by atoms with Crippen LogP contribution in [0.5, 0.6) is 0 Å². The predicted molar refractivity (Wildman–Crippen MR) is 65.6 cm³/mol. The van der Waals surface area contributed by atoms with Crippen LogP contribution in [0.1, 0.15) is 25.0 Å². The Labute approximate surface area is 96.3 Å². The molecule has 1 N–H and O–H groups in total. The first-order valence-electron chi connectivity index (χ1n) is 5.25. The second-order valence-electron chi connectivity index (χ2n) is 4.21. The third-order valence-electron chi connectivity index (χ3n) is 2.42. The zero-order valence-corrected chi connectivity index (χ0v) is 10.1. The number of rotatable bonds is 2. The molecule has 0 saturated heterocycles. The van der Waals surface area contributed by atoms with Gasteiger partial charge in [0.2, 0.25) is 5.91 Å². The summed E-state index contributed by atoms with van der Waals surface area (Å²) in [4.78, 5) is 15.0. The standard InChI is InChI=1S/C13H16N2O/c1-8(2)13(16)15-12-9(3)6-11(14-5)7-10(12)4/h6-8H,1-4H3,(H,15,16). The Morgan fingerprint density at radius 2 is 1.81 bits per heavy atom. The maximum absolute atomic E-state index is 11.6. The zero-order valence-electron chi connectivity index (χ0n) is 10.1. The number of nitrogens with zero attached hydrogens (tertiary/aromatic N) is 1. The first-order valence-corrected chi connectivity index (χ1v) is 5.25. The van der Waals surface area contributed by atoms with E-state index in [1.54, 1.807) is 12.1 Å². The average Bonchev–Trinajstić information content (AvgIpc) is 2.22. The lowest BCUT2D eigenvalue weighted by molar-refractivity contribution is -0.118. The van der Waals surface area contributed by atoms with Crippen molar-refractivity contribution < 1.29 is 4.79 Å². The second kappa shape index (κ2) is 4.80. The lowest BCUT2D eigenvalue weighted by atomic mass is 10.1. The quantitative estimate of drug-likeness (QED) is 0.755. The van der Waals surface area contributed by atoms with Crippen molar-refractivity contribution in [1.29, 1.82) is 0 Å². The fourth-order valence-electron chi connectivity index (χ4n) is 1.47. The molecule has 0 radical (unpaired) electrons. The van der Waals surface area contributed by atoms with Crippen molar-refractivity contribution >= 4 is 17.3 Å². The summed E-state index contributed by atoms with van der Waals surface area (Å²) in [5.74, 6) is -0.0406. The molecule has 0 aliphatic carbocycles. The van der Waals surface area contributed by atoms with E-state index < -0.39 is 0 Å². The minimum Gasteiger partial charge on any atom is -0.325 e. The van der Waals surface area contributed by atoms with Gasteiger partial charge < -0.3 is 5.32 Å². The molecular weight excluding hydrogens is 200 g/mol. The number of carbonyl (C=O) groups excluding carboxylic acids is 1. The lowest BCUT2D eigenvalue weighted by Gasteiger charge is -2.13. The molecule has 3 nitrogen and oxygen atoms in total. The summed E-state index contributed by atoms with van der Waals surface area (Å²) >= 11 is 0. The van der Waals surface area contributed by atoms with E-state index in [9.17, 15) is 4.79 Å². The highest BCUT2D eigenvalue weighted by Crippen LogP contribution is 2.26. The SMILES string of the molecule is [C-]#[N+]c1cc(C)c(NC(=O)C(C)C)c(C)c1. The Bertz CT molecular complexity index is 432. The Morgan fingerprint density at radius 1 is 1.31 bits per heavy atom. The van der Waals surface area contributed by atoms with Crippen molar-refractivity contribution in [3.63, 3.8) is 0 Å². The number of amides is 1. The molecular formula is C13H16N2O. The molecule has 0 bridgehead atoms. The third kappa shape index (κ3) is 2.60. The second-order valence-corrected chi connectivity index (χ2v) is 4.21. The van der Waals surface area contributed by atoms with E-state index in [0.717, 1.165) is 16.8 Å². The number of aryl methyl sites for hydroxylation is 2. The van der Waals surface area contributed by atoms with E-state index in [2.05, 4.69) is 10.2 Å². The molecule has 0 aliphatic rings. The van der Waals surface area contributed by atoms with Crippen molar-refractivity contribution in [2.24, 2.45) is 5.92 Å². The van der Waals surface area contributed by atoms with Gasteiger partial charge in [0.1, 0.15) is 0 Å². The number of nitrogens with one attached hydrogen (secondary N) is 1. The Morgan fingerprint density at radius 3 is 2.19 bits per heavy atom. The van der Waals surface area contributed by atoms with Crippen LogP contribution in [-0.2, 0) is 4.79 Å². The van der Waals surface area contributed by atoms with E-state index in [1.165, 1.54) is 0 Å². The summed E-state index contributed by atoms with van der Waals surface area (Å²) in [5.41, 5.74) is 3.30. The zero-order chi connectivity index (χ0) is 12.3. The van der Waals surface area contributed by atoms with Gasteiger partial charge in [-0.2, -0.15) is 0 Å². The largest absolute Gasteiger partial charge is 0.325 e. The van der Waals surface area contributed by atoms with E-state index in [0.29, 0.717) is 5.69 Å². The molecule has 0 atom stereocenters. The third-order valence-corrected chi connectivity index (χ3v) is 2.42. The molecule has 1 rings (SSSR count). The monoisotopic (exact) mass is 216 g/mol. The van der Waals surface area contributed by atoms with Crippen LogP contribution in [0, 0.1) is 26.3 Å². The molecule has 3 heteroatoms. The van der Waals surface area contributed by atoms with Gasteiger partial charge in [-0.3, -0.25) is 4.79 Å². The van der Waals surface area contributed by atoms with Crippen molar-refractivity contribution in [2.75, 3.05) is 5.32 Å². The van der Waals surface area contributed by atoms with Gasteiger partial charge in [0.05, 0.1) is 6.57 Å². The highest BCUT2D eigenvalue weighted by atomic mass is 16.1. The van der Waals surface area contributed by atoms with E-state index in [1.807, 2.05) is 27.7 Å². The minimum absolute atomic E-state index is 0.00163. The summed E-state index contributed by atoms with van der Waals surface area (Å²) in [6.45, 7) is 14.5. The fraction of sp³-hybridized carbons (Fsp3) is 0.385. The van der Waals surface area contributed by atoms with Crippen LogP contribution in [0.4, 0.5) is 11.4 Å². The summed E-state index contributed by atoms with van der Waals surface area (Å²) in [7, 11) is 0. The van der Waals surface area contributed by atoms with Crippen LogP contribution < -0.4 is 5.32 Å². The van der Waals surface area contributed by atoms with Crippen LogP contribution >= 0.6 is 0 Å². The van der Waals surface area contributed by atoms with Gasteiger partial charge in [-0.1, -0.05) is 26.0 Å². The predicted octanol–water partition coefficient (Wildman–Crippen LogP) is 3.45. The Balaban J connectivity index is 3.07. The van der Waals surface area contributed by atoms with Crippen LogP contribution in [0.15, 0.2) is 12.1 Å². The normalized spacial score (nSPS) is 10.0. The van der Waals surface area contributed by atoms with Gasteiger partial charge in [0.25, 0.3) is 0 Å². The average molecular weight is 216 g/mol. The molecule has 84 valence electrons. The van der Waals surface area contributed by atoms with E-state index in [4.69, 9.17) is 6.57 Å². The first-order chi connectivity index (χ1) is 7.45. The van der Waals surface area contributed by atoms with Gasteiger partial charge in [-0.25, -0.2) is 4.85 Å². The number of carbonyl (C=O) groups is 1. The van der Waals surface area contributed by atoms with Crippen molar-refractivity contribution in [1.82, 2.24) is 0 Å². The molecule has 1 aromatic carbocycles. The highest BCUT2D eigenvalue weighted by Gasteiger charge is 2.11. The lowest BCUT2D eigenvalue weighted by Crippen LogP contribution is -2.19. The molecule has 0 aromatic heterocycles. The Kier molecular flexibility index (Phi) is 3.68. The molecule has 0 spiro atoms. The molecule has 0 saturated carbocycles. The smallest absolute Gasteiger partial charge is 0.226 e. The number of hydrogen-bond acceptors (Lipinski definition) is 1. The van der Waals surface area contributed by atoms with Crippen molar-refractivity contribution in [2.45, 2.75) is 27.7 Å². The molecule has 16 heavy (non-hydrogen) atoms. The summed E-state index contributed by atoms with van der Waals surface area (Å²) in [5, 5.41) is 2.89. The summed E-state index contributed by atoms with van der Waals surface area (Å²) in [6, 6.07) is 3.58. The molecule has 1 aromatic rings. The summed E-state index contributed by atoms with van der Waals surface area (Å²) < 4.78 is 0.